The van der Waals surface area contributed by atoms with Crippen LogP contribution in [-0.2, 0) is 26.2 Å². The number of nitrogens with one attached hydrogen (secondary N) is 1. The molecule has 0 aliphatic rings. The largest absolute Gasteiger partial charge is 0.352 e. The second kappa shape index (κ2) is 11.3. The highest BCUT2D eigenvalue weighted by Crippen LogP contribution is 2.28. The molecule has 0 saturated carbocycles. The molecule has 190 valence electrons. The molecule has 0 heterocycles. The number of carbonyl (C=O) groups excluding carboxylic acids is 2. The summed E-state index contributed by atoms with van der Waals surface area (Å²) in [5, 5.41) is 14.0. The molecule has 0 unspecified atom stereocenters. The maximum absolute atomic E-state index is 13.4. The average molecular weight is 509 g/mol. The Morgan fingerprint density at radius 1 is 1.11 bits per heavy atom. The Kier molecular flexibility index (Phi) is 8.91. The quantitative estimate of drug-likeness (QED) is 0.388. The summed E-state index contributed by atoms with van der Waals surface area (Å²) >= 11 is 0. The van der Waals surface area contributed by atoms with Gasteiger partial charge in [0.05, 0.1) is 16.9 Å². The van der Waals surface area contributed by atoms with Crippen molar-refractivity contribution in [1.82, 2.24) is 10.2 Å². The number of nitro groups is 1. The molecule has 0 aliphatic heterocycles. The van der Waals surface area contributed by atoms with Crippen molar-refractivity contribution in [3.63, 3.8) is 0 Å². The number of hydrogen-bond acceptors (Lipinski definition) is 6. The van der Waals surface area contributed by atoms with Crippen LogP contribution in [0.25, 0.3) is 0 Å². The predicted molar refractivity (Wildman–Crippen MR) is 130 cm³/mol. The van der Waals surface area contributed by atoms with Crippen LogP contribution in [0.3, 0.4) is 0 Å². The third-order valence-electron chi connectivity index (χ3n) is 5.22. The molecule has 10 nitrogen and oxygen atoms in total. The van der Waals surface area contributed by atoms with E-state index in [1.54, 1.807) is 20.8 Å². The standard InChI is InChI=1S/C23H29FN4O6S/c1-15(2)25-23(30)17(4)26(13-18-7-9-19(24)10-8-18)22(29)14-27(35(5,33)34)21-12-20(28(31)32)11-6-16(21)3/h6-12,15,17H,13-14H2,1-5H3,(H,25,30)/t17-/m1/s1. The van der Waals surface area contributed by atoms with E-state index in [4.69, 9.17) is 0 Å². The number of rotatable bonds is 10. The summed E-state index contributed by atoms with van der Waals surface area (Å²) < 4.78 is 39.4. The van der Waals surface area contributed by atoms with Gasteiger partial charge in [0, 0.05) is 24.7 Å². The molecule has 0 spiro atoms. The summed E-state index contributed by atoms with van der Waals surface area (Å²) in [4.78, 5) is 37.9. The molecule has 0 bridgehead atoms. The van der Waals surface area contributed by atoms with E-state index < -0.39 is 45.2 Å². The van der Waals surface area contributed by atoms with Crippen LogP contribution in [0.2, 0.25) is 0 Å². The summed E-state index contributed by atoms with van der Waals surface area (Å²) in [6, 6.07) is 7.88. The minimum absolute atomic E-state index is 0.0175. The number of aryl methyl sites for hydroxylation is 1. The molecule has 1 N–H and O–H groups in total. The van der Waals surface area contributed by atoms with Gasteiger partial charge in [-0.05, 0) is 51.0 Å². The van der Waals surface area contributed by atoms with Crippen LogP contribution in [-0.4, -0.2) is 54.9 Å². The van der Waals surface area contributed by atoms with Gasteiger partial charge in [0.15, 0.2) is 0 Å². The van der Waals surface area contributed by atoms with E-state index in [2.05, 4.69) is 5.32 Å². The minimum Gasteiger partial charge on any atom is -0.352 e. The highest BCUT2D eigenvalue weighted by Gasteiger charge is 2.31. The molecule has 1 atom stereocenters. The number of anilines is 1. The van der Waals surface area contributed by atoms with Crippen molar-refractivity contribution in [1.29, 1.82) is 0 Å². The fourth-order valence-corrected chi connectivity index (χ4v) is 4.25. The van der Waals surface area contributed by atoms with Gasteiger partial charge in [-0.2, -0.15) is 0 Å². The number of sulfonamides is 1. The normalized spacial score (nSPS) is 12.2. The van der Waals surface area contributed by atoms with Crippen LogP contribution in [0.5, 0.6) is 0 Å². The van der Waals surface area contributed by atoms with E-state index in [0.29, 0.717) is 11.1 Å². The molecule has 2 aromatic rings. The zero-order chi connectivity index (χ0) is 26.5. The molecule has 0 aromatic heterocycles. The first kappa shape index (κ1) is 27.7. The third-order valence-corrected chi connectivity index (χ3v) is 6.34. The number of halogens is 1. The Labute approximate surface area is 203 Å². The zero-order valence-electron chi connectivity index (χ0n) is 20.2. The topological polar surface area (TPSA) is 130 Å². The van der Waals surface area contributed by atoms with Crippen LogP contribution in [0.4, 0.5) is 15.8 Å². The SMILES string of the molecule is Cc1ccc([N+](=O)[O-])cc1N(CC(=O)N(Cc1ccc(F)cc1)[C@H](C)C(=O)NC(C)C)S(C)(=O)=O. The van der Waals surface area contributed by atoms with Gasteiger partial charge < -0.3 is 10.2 Å². The van der Waals surface area contributed by atoms with Crippen LogP contribution < -0.4 is 9.62 Å². The van der Waals surface area contributed by atoms with Crippen molar-refractivity contribution < 1.29 is 27.3 Å². The fraction of sp³-hybridized carbons (Fsp3) is 0.391. The minimum atomic E-state index is -4.04. The summed E-state index contributed by atoms with van der Waals surface area (Å²) in [6.45, 7) is 5.80. The van der Waals surface area contributed by atoms with Crippen molar-refractivity contribution in [3.8, 4) is 0 Å². The molecule has 0 aliphatic carbocycles. The van der Waals surface area contributed by atoms with Gasteiger partial charge in [-0.1, -0.05) is 18.2 Å². The molecule has 2 rings (SSSR count). The van der Waals surface area contributed by atoms with E-state index in [9.17, 15) is 32.5 Å². The summed E-state index contributed by atoms with van der Waals surface area (Å²) in [5.74, 6) is -1.63. The van der Waals surface area contributed by atoms with Gasteiger partial charge in [-0.15, -0.1) is 0 Å². The maximum atomic E-state index is 13.4. The first-order valence-corrected chi connectivity index (χ1v) is 12.6. The lowest BCUT2D eigenvalue weighted by Gasteiger charge is -2.32. The van der Waals surface area contributed by atoms with Crippen molar-refractivity contribution >= 4 is 33.2 Å². The lowest BCUT2D eigenvalue weighted by Crippen LogP contribution is -2.52. The zero-order valence-corrected chi connectivity index (χ0v) is 21.0. The monoisotopic (exact) mass is 508 g/mol. The summed E-state index contributed by atoms with van der Waals surface area (Å²) in [6.07, 6.45) is 0.887. The maximum Gasteiger partial charge on any atom is 0.271 e. The van der Waals surface area contributed by atoms with Gasteiger partial charge in [0.25, 0.3) is 5.69 Å². The second-order valence-electron chi connectivity index (χ2n) is 8.48. The van der Waals surface area contributed by atoms with Gasteiger partial charge in [-0.25, -0.2) is 12.8 Å². The van der Waals surface area contributed by atoms with E-state index in [1.807, 2.05) is 0 Å². The van der Waals surface area contributed by atoms with E-state index in [-0.39, 0.29) is 24.0 Å². The molecule has 0 saturated heterocycles. The number of benzene rings is 2. The fourth-order valence-electron chi connectivity index (χ4n) is 3.35. The lowest BCUT2D eigenvalue weighted by atomic mass is 10.1. The molecule has 0 fully saturated rings. The van der Waals surface area contributed by atoms with E-state index in [0.717, 1.165) is 16.6 Å². The molecule has 2 aromatic carbocycles. The van der Waals surface area contributed by atoms with Crippen molar-refractivity contribution in [3.05, 3.63) is 69.5 Å². The predicted octanol–water partition coefficient (Wildman–Crippen LogP) is 2.75. The average Bonchev–Trinajstić information content (AvgIpc) is 2.75. The Bertz CT molecular complexity index is 1200. The van der Waals surface area contributed by atoms with E-state index >= 15 is 0 Å². The molecule has 2 amide bonds. The second-order valence-corrected chi connectivity index (χ2v) is 10.4. The van der Waals surface area contributed by atoms with Crippen LogP contribution >= 0.6 is 0 Å². The van der Waals surface area contributed by atoms with Crippen molar-refractivity contribution in [2.45, 2.75) is 46.3 Å². The highest BCUT2D eigenvalue weighted by atomic mass is 32.2. The Morgan fingerprint density at radius 2 is 1.71 bits per heavy atom. The van der Waals surface area contributed by atoms with Gasteiger partial charge in [-0.3, -0.25) is 24.0 Å². The number of nitro benzene ring substituents is 1. The molecule has 35 heavy (non-hydrogen) atoms. The van der Waals surface area contributed by atoms with Crippen LogP contribution in [0.1, 0.15) is 31.9 Å². The Hall–Kier alpha value is -3.54. The highest BCUT2D eigenvalue weighted by molar-refractivity contribution is 7.92. The van der Waals surface area contributed by atoms with Crippen molar-refractivity contribution in [2.24, 2.45) is 0 Å². The molecule has 12 heteroatoms. The van der Waals surface area contributed by atoms with Crippen LogP contribution in [0, 0.1) is 22.9 Å². The summed E-state index contributed by atoms with van der Waals surface area (Å²) in [5.41, 5.74) is 0.585. The first-order valence-electron chi connectivity index (χ1n) is 10.8. The van der Waals surface area contributed by atoms with Crippen LogP contribution in [0.15, 0.2) is 42.5 Å². The molecule has 0 radical (unpaired) electrons. The number of hydrogen-bond donors (Lipinski definition) is 1. The van der Waals surface area contributed by atoms with E-state index in [1.165, 1.54) is 48.2 Å². The molecular formula is C23H29FN4O6S. The van der Waals surface area contributed by atoms with Gasteiger partial charge in [0.1, 0.15) is 18.4 Å². The summed E-state index contributed by atoms with van der Waals surface area (Å²) in [7, 11) is -4.04. The third kappa shape index (κ3) is 7.47. The molecular weight excluding hydrogens is 479 g/mol. The smallest absolute Gasteiger partial charge is 0.271 e. The van der Waals surface area contributed by atoms with Gasteiger partial charge >= 0.3 is 0 Å². The number of nitrogens with zero attached hydrogens (tertiary/aromatic N) is 3. The number of carbonyl (C=O) groups is 2. The van der Waals surface area contributed by atoms with Crippen molar-refractivity contribution in [2.75, 3.05) is 17.1 Å². The number of non-ortho nitro benzene ring substituents is 1. The number of amides is 2. The lowest BCUT2D eigenvalue weighted by molar-refractivity contribution is -0.384. The Morgan fingerprint density at radius 3 is 2.23 bits per heavy atom. The first-order chi connectivity index (χ1) is 16.2. The Balaban J connectivity index is 2.47. The van der Waals surface area contributed by atoms with Gasteiger partial charge in [0.2, 0.25) is 21.8 Å².